The highest BCUT2D eigenvalue weighted by Gasteiger charge is 2.22. The molecule has 4 nitrogen and oxygen atoms in total. The van der Waals surface area contributed by atoms with Crippen molar-refractivity contribution >= 4 is 23.2 Å². The van der Waals surface area contributed by atoms with Gasteiger partial charge in [-0.05, 0) is 12.1 Å². The molecule has 0 aromatic heterocycles. The first-order chi connectivity index (χ1) is 7.70. The maximum absolute atomic E-state index is 12.1. The molecule has 1 aromatic carbocycles. The Morgan fingerprint density at radius 2 is 2.06 bits per heavy atom. The van der Waals surface area contributed by atoms with Gasteiger partial charge in [-0.1, -0.05) is 17.7 Å². The number of nitrogens with zero attached hydrogens (tertiary/aromatic N) is 1. The number of hydrogen-bond acceptors (Lipinski definition) is 3. The molecule has 2 rings (SSSR count). The Kier molecular flexibility index (Phi) is 3.31. The first-order valence-corrected chi connectivity index (χ1v) is 5.49. The number of anilines is 1. The van der Waals surface area contributed by atoms with Crippen molar-refractivity contribution in [2.75, 3.05) is 32.0 Å². The molecule has 0 saturated carbocycles. The summed E-state index contributed by atoms with van der Waals surface area (Å²) in [7, 11) is 0. The Morgan fingerprint density at radius 1 is 1.38 bits per heavy atom. The van der Waals surface area contributed by atoms with E-state index in [0.29, 0.717) is 42.6 Å². The maximum Gasteiger partial charge on any atom is 0.257 e. The van der Waals surface area contributed by atoms with Gasteiger partial charge in [0.1, 0.15) is 0 Å². The molecule has 1 saturated heterocycles. The second-order valence-electron chi connectivity index (χ2n) is 3.61. The SMILES string of the molecule is Nc1cccc(Cl)c1C(=O)N1CCOCC1. The summed E-state index contributed by atoms with van der Waals surface area (Å²) in [6, 6.07) is 5.08. The van der Waals surface area contributed by atoms with Crippen LogP contribution in [0.15, 0.2) is 18.2 Å². The predicted molar refractivity (Wildman–Crippen MR) is 62.6 cm³/mol. The van der Waals surface area contributed by atoms with Gasteiger partial charge in [0, 0.05) is 18.8 Å². The van der Waals surface area contributed by atoms with E-state index in [2.05, 4.69) is 0 Å². The number of morpholine rings is 1. The van der Waals surface area contributed by atoms with Crippen molar-refractivity contribution in [2.24, 2.45) is 0 Å². The number of nitrogens with two attached hydrogens (primary N) is 1. The van der Waals surface area contributed by atoms with Crippen LogP contribution in [0, 0.1) is 0 Å². The Hall–Kier alpha value is -1.26. The molecular weight excluding hydrogens is 228 g/mol. The van der Waals surface area contributed by atoms with Crippen molar-refractivity contribution < 1.29 is 9.53 Å². The minimum Gasteiger partial charge on any atom is -0.398 e. The minimum absolute atomic E-state index is 0.119. The molecule has 5 heteroatoms. The van der Waals surface area contributed by atoms with Crippen LogP contribution in [0.25, 0.3) is 0 Å². The normalized spacial score (nSPS) is 16.2. The first kappa shape index (κ1) is 11.2. The summed E-state index contributed by atoms with van der Waals surface area (Å²) in [6.07, 6.45) is 0. The highest BCUT2D eigenvalue weighted by atomic mass is 35.5. The monoisotopic (exact) mass is 240 g/mol. The van der Waals surface area contributed by atoms with Gasteiger partial charge < -0.3 is 15.4 Å². The van der Waals surface area contributed by atoms with Gasteiger partial charge in [-0.2, -0.15) is 0 Å². The van der Waals surface area contributed by atoms with Gasteiger partial charge in [-0.25, -0.2) is 0 Å². The highest BCUT2D eigenvalue weighted by molar-refractivity contribution is 6.34. The standard InChI is InChI=1S/C11H13ClN2O2/c12-8-2-1-3-9(13)10(8)11(15)14-4-6-16-7-5-14/h1-3H,4-7,13H2. The van der Waals surface area contributed by atoms with Gasteiger partial charge in [0.2, 0.25) is 0 Å². The number of carbonyl (C=O) groups excluding carboxylic acids is 1. The third kappa shape index (κ3) is 2.13. The van der Waals surface area contributed by atoms with Crippen molar-refractivity contribution in [1.29, 1.82) is 0 Å². The lowest BCUT2D eigenvalue weighted by atomic mass is 10.1. The topological polar surface area (TPSA) is 55.6 Å². The quantitative estimate of drug-likeness (QED) is 0.755. The van der Waals surface area contributed by atoms with E-state index in [4.69, 9.17) is 22.1 Å². The Labute approximate surface area is 98.9 Å². The summed E-state index contributed by atoms with van der Waals surface area (Å²) in [5.74, 6) is -0.119. The molecule has 0 bridgehead atoms. The summed E-state index contributed by atoms with van der Waals surface area (Å²) < 4.78 is 5.19. The van der Waals surface area contributed by atoms with Crippen LogP contribution in [0.1, 0.15) is 10.4 Å². The lowest BCUT2D eigenvalue weighted by molar-refractivity contribution is 0.0303. The van der Waals surface area contributed by atoms with Crippen LogP contribution in [0.2, 0.25) is 5.02 Å². The van der Waals surface area contributed by atoms with Crippen molar-refractivity contribution in [3.05, 3.63) is 28.8 Å². The molecule has 1 fully saturated rings. The van der Waals surface area contributed by atoms with Crippen LogP contribution >= 0.6 is 11.6 Å². The lowest BCUT2D eigenvalue weighted by Crippen LogP contribution is -2.41. The molecule has 2 N–H and O–H groups in total. The third-order valence-corrected chi connectivity index (χ3v) is 2.87. The summed E-state index contributed by atoms with van der Waals surface area (Å²) in [5.41, 5.74) is 6.58. The molecule has 1 aliphatic heterocycles. The van der Waals surface area contributed by atoms with Gasteiger partial charge in [-0.15, -0.1) is 0 Å². The van der Waals surface area contributed by atoms with Crippen LogP contribution in [-0.4, -0.2) is 37.1 Å². The smallest absolute Gasteiger partial charge is 0.257 e. The number of rotatable bonds is 1. The van der Waals surface area contributed by atoms with Crippen LogP contribution < -0.4 is 5.73 Å². The first-order valence-electron chi connectivity index (χ1n) is 5.11. The van der Waals surface area contributed by atoms with E-state index in [9.17, 15) is 4.79 Å². The van der Waals surface area contributed by atoms with Crippen molar-refractivity contribution in [3.63, 3.8) is 0 Å². The van der Waals surface area contributed by atoms with Crippen LogP contribution in [0.3, 0.4) is 0 Å². The zero-order valence-electron chi connectivity index (χ0n) is 8.78. The summed E-state index contributed by atoms with van der Waals surface area (Å²) in [5, 5.41) is 0.400. The number of hydrogen-bond donors (Lipinski definition) is 1. The Balaban J connectivity index is 2.26. The van der Waals surface area contributed by atoms with E-state index in [1.807, 2.05) is 0 Å². The number of halogens is 1. The van der Waals surface area contributed by atoms with Crippen LogP contribution in [-0.2, 0) is 4.74 Å². The number of amides is 1. The molecule has 0 spiro atoms. The molecule has 0 unspecified atom stereocenters. The maximum atomic E-state index is 12.1. The minimum atomic E-state index is -0.119. The molecule has 1 aliphatic rings. The predicted octanol–water partition coefficient (Wildman–Crippen LogP) is 1.39. The molecular formula is C11H13ClN2O2. The van der Waals surface area contributed by atoms with Crippen molar-refractivity contribution in [3.8, 4) is 0 Å². The van der Waals surface area contributed by atoms with Crippen LogP contribution in [0.5, 0.6) is 0 Å². The molecule has 16 heavy (non-hydrogen) atoms. The average Bonchev–Trinajstić information content (AvgIpc) is 2.30. The van der Waals surface area contributed by atoms with Crippen molar-refractivity contribution in [1.82, 2.24) is 4.90 Å². The van der Waals surface area contributed by atoms with E-state index >= 15 is 0 Å². The fourth-order valence-corrected chi connectivity index (χ4v) is 1.95. The Bertz CT molecular complexity index is 383. The molecule has 0 atom stereocenters. The average molecular weight is 241 g/mol. The zero-order chi connectivity index (χ0) is 11.5. The highest BCUT2D eigenvalue weighted by Crippen LogP contribution is 2.23. The largest absolute Gasteiger partial charge is 0.398 e. The van der Waals surface area contributed by atoms with Crippen LogP contribution in [0.4, 0.5) is 5.69 Å². The molecule has 1 amide bonds. The van der Waals surface area contributed by atoms with E-state index in [1.54, 1.807) is 23.1 Å². The summed E-state index contributed by atoms with van der Waals surface area (Å²) in [4.78, 5) is 13.9. The van der Waals surface area contributed by atoms with Crippen molar-refractivity contribution in [2.45, 2.75) is 0 Å². The van der Waals surface area contributed by atoms with Gasteiger partial charge in [0.05, 0.1) is 23.8 Å². The van der Waals surface area contributed by atoms with Gasteiger partial charge in [0.25, 0.3) is 5.91 Å². The van der Waals surface area contributed by atoms with E-state index in [-0.39, 0.29) is 5.91 Å². The van der Waals surface area contributed by atoms with Gasteiger partial charge >= 0.3 is 0 Å². The van der Waals surface area contributed by atoms with E-state index in [0.717, 1.165) is 0 Å². The number of benzene rings is 1. The van der Waals surface area contributed by atoms with Gasteiger partial charge in [-0.3, -0.25) is 4.79 Å². The molecule has 0 aliphatic carbocycles. The molecule has 86 valence electrons. The van der Waals surface area contributed by atoms with Gasteiger partial charge in [0.15, 0.2) is 0 Å². The van der Waals surface area contributed by atoms with E-state index < -0.39 is 0 Å². The summed E-state index contributed by atoms with van der Waals surface area (Å²) >= 11 is 5.98. The lowest BCUT2D eigenvalue weighted by Gasteiger charge is -2.27. The molecule has 1 aromatic rings. The Morgan fingerprint density at radius 3 is 2.69 bits per heavy atom. The molecule has 1 heterocycles. The second kappa shape index (κ2) is 4.72. The third-order valence-electron chi connectivity index (χ3n) is 2.56. The number of ether oxygens (including phenoxy) is 1. The molecule has 0 radical (unpaired) electrons. The fourth-order valence-electron chi connectivity index (χ4n) is 1.69. The zero-order valence-corrected chi connectivity index (χ0v) is 9.54. The van der Waals surface area contributed by atoms with E-state index in [1.165, 1.54) is 0 Å². The summed E-state index contributed by atoms with van der Waals surface area (Å²) in [6.45, 7) is 2.30. The number of carbonyl (C=O) groups is 1. The second-order valence-corrected chi connectivity index (χ2v) is 4.02. The fraction of sp³-hybridized carbons (Fsp3) is 0.364. The number of nitrogen functional groups attached to an aromatic ring is 1.